The van der Waals surface area contributed by atoms with Crippen LogP contribution in [0.3, 0.4) is 0 Å². The Balaban J connectivity index is 0.00000220. The van der Waals surface area contributed by atoms with Gasteiger partial charge in [-0.15, -0.1) is 12.4 Å². The molecule has 1 aliphatic heterocycles. The minimum atomic E-state index is 0. The Morgan fingerprint density at radius 1 is 1.14 bits per heavy atom. The largest absolute Gasteiger partial charge is 0.356 e. The number of nitrogens with zero attached hydrogens (tertiary/aromatic N) is 1. The molecule has 1 aliphatic carbocycles. The van der Waals surface area contributed by atoms with Crippen LogP contribution in [0.15, 0.2) is 0 Å². The number of amides is 1. The molecule has 1 saturated carbocycles. The maximum atomic E-state index is 11.9. The third-order valence-corrected chi connectivity index (χ3v) is 4.88. The molecule has 1 unspecified atom stereocenters. The van der Waals surface area contributed by atoms with Gasteiger partial charge in [0.15, 0.2) is 0 Å². The Bertz CT molecular complexity index is 295. The van der Waals surface area contributed by atoms with Crippen LogP contribution in [-0.2, 0) is 4.79 Å². The van der Waals surface area contributed by atoms with E-state index in [4.69, 9.17) is 0 Å². The second-order valence-electron chi connectivity index (χ2n) is 6.49. The third-order valence-electron chi connectivity index (χ3n) is 4.88. The molecule has 0 aromatic carbocycles. The first-order valence-corrected chi connectivity index (χ1v) is 8.44. The fourth-order valence-electron chi connectivity index (χ4n) is 3.49. The summed E-state index contributed by atoms with van der Waals surface area (Å²) in [6.07, 6.45) is 9.84. The molecule has 0 bridgehead atoms. The van der Waals surface area contributed by atoms with E-state index in [9.17, 15) is 4.79 Å². The van der Waals surface area contributed by atoms with Crippen LogP contribution < -0.4 is 10.6 Å². The average Bonchev–Trinajstić information content (AvgIpc) is 2.52. The zero-order valence-corrected chi connectivity index (χ0v) is 14.2. The van der Waals surface area contributed by atoms with Crippen LogP contribution in [0.2, 0.25) is 0 Å². The molecule has 1 amide bonds. The molecule has 124 valence electrons. The summed E-state index contributed by atoms with van der Waals surface area (Å²) in [5.74, 6) is 0.971. The summed E-state index contributed by atoms with van der Waals surface area (Å²) in [5, 5.41) is 6.48. The number of hydrogen-bond acceptors (Lipinski definition) is 3. The van der Waals surface area contributed by atoms with Gasteiger partial charge in [0.1, 0.15) is 0 Å². The number of nitrogens with one attached hydrogen (secondary N) is 2. The highest BCUT2D eigenvalue weighted by Crippen LogP contribution is 2.22. The molecule has 0 aromatic rings. The number of carbonyl (C=O) groups excluding carboxylic acids is 1. The summed E-state index contributed by atoms with van der Waals surface area (Å²) in [7, 11) is 2.03. The normalized spacial score (nSPS) is 24.3. The Kier molecular flexibility index (Phi) is 9.29. The van der Waals surface area contributed by atoms with Crippen molar-refractivity contribution >= 4 is 18.3 Å². The molecular formula is C16H32ClN3O. The zero-order valence-electron chi connectivity index (χ0n) is 13.4. The van der Waals surface area contributed by atoms with Gasteiger partial charge in [-0.05, 0) is 45.2 Å². The molecule has 5 heteroatoms. The summed E-state index contributed by atoms with van der Waals surface area (Å²) < 4.78 is 0. The molecule has 4 nitrogen and oxygen atoms in total. The van der Waals surface area contributed by atoms with Crippen molar-refractivity contribution in [3.05, 3.63) is 0 Å². The lowest BCUT2D eigenvalue weighted by atomic mass is 9.89. The molecule has 2 fully saturated rings. The first kappa shape index (κ1) is 18.7. The van der Waals surface area contributed by atoms with Crippen LogP contribution in [-0.4, -0.2) is 50.1 Å². The predicted molar refractivity (Wildman–Crippen MR) is 90.0 cm³/mol. The van der Waals surface area contributed by atoms with Gasteiger partial charge in [0.2, 0.25) is 5.91 Å². The highest BCUT2D eigenvalue weighted by atomic mass is 35.5. The van der Waals surface area contributed by atoms with Gasteiger partial charge in [0.05, 0.1) is 0 Å². The molecule has 21 heavy (non-hydrogen) atoms. The van der Waals surface area contributed by atoms with Gasteiger partial charge >= 0.3 is 0 Å². The van der Waals surface area contributed by atoms with E-state index in [0.717, 1.165) is 32.1 Å². The van der Waals surface area contributed by atoms with E-state index in [-0.39, 0.29) is 18.3 Å². The minimum Gasteiger partial charge on any atom is -0.356 e. The maximum Gasteiger partial charge on any atom is 0.221 e. The van der Waals surface area contributed by atoms with E-state index in [2.05, 4.69) is 15.5 Å². The van der Waals surface area contributed by atoms with Gasteiger partial charge in [-0.2, -0.15) is 0 Å². The van der Waals surface area contributed by atoms with E-state index in [1.165, 1.54) is 44.9 Å². The second-order valence-corrected chi connectivity index (χ2v) is 6.49. The van der Waals surface area contributed by atoms with Crippen LogP contribution in [0.1, 0.15) is 51.4 Å². The molecule has 0 radical (unpaired) electrons. The van der Waals surface area contributed by atoms with Crippen molar-refractivity contribution in [3.63, 3.8) is 0 Å². The lowest BCUT2D eigenvalue weighted by molar-refractivity contribution is -0.121. The van der Waals surface area contributed by atoms with Crippen LogP contribution in [0.5, 0.6) is 0 Å². The summed E-state index contributed by atoms with van der Waals surface area (Å²) in [4.78, 5) is 14.3. The zero-order chi connectivity index (χ0) is 14.2. The number of carbonyl (C=O) groups is 1. The first-order valence-electron chi connectivity index (χ1n) is 8.44. The quantitative estimate of drug-likeness (QED) is 0.789. The average molecular weight is 318 g/mol. The van der Waals surface area contributed by atoms with E-state index in [0.29, 0.717) is 12.5 Å². The number of rotatable bonds is 6. The lowest BCUT2D eigenvalue weighted by Crippen LogP contribution is -2.45. The van der Waals surface area contributed by atoms with Crippen LogP contribution in [0.25, 0.3) is 0 Å². The summed E-state index contributed by atoms with van der Waals surface area (Å²) >= 11 is 0. The second kappa shape index (κ2) is 10.4. The topological polar surface area (TPSA) is 44.4 Å². The van der Waals surface area contributed by atoms with E-state index < -0.39 is 0 Å². The maximum absolute atomic E-state index is 11.9. The Morgan fingerprint density at radius 2 is 1.90 bits per heavy atom. The van der Waals surface area contributed by atoms with Crippen molar-refractivity contribution in [1.29, 1.82) is 0 Å². The van der Waals surface area contributed by atoms with Crippen molar-refractivity contribution < 1.29 is 4.79 Å². The number of halogens is 1. The molecule has 1 atom stereocenters. The monoisotopic (exact) mass is 317 g/mol. The summed E-state index contributed by atoms with van der Waals surface area (Å²) in [6.45, 7) is 4.05. The van der Waals surface area contributed by atoms with E-state index in [1.807, 2.05) is 7.05 Å². The number of likely N-dealkylation sites (N-methyl/N-ethyl adjacent to an activating group) is 1. The SMILES string of the molecule is CNC1CCCN(CCC(=O)NCC2CCCCC2)C1.Cl. The predicted octanol–water partition coefficient (Wildman–Crippen LogP) is 2.18. The third kappa shape index (κ3) is 6.98. The standard InChI is InChI=1S/C16H31N3O.ClH/c1-17-15-8-5-10-19(13-15)11-9-16(20)18-12-14-6-3-2-4-7-14;/h14-15,17H,2-13H2,1H3,(H,18,20);1H. The van der Waals surface area contributed by atoms with Gasteiger partial charge in [0.25, 0.3) is 0 Å². The fraction of sp³-hybridized carbons (Fsp3) is 0.938. The van der Waals surface area contributed by atoms with Crippen molar-refractivity contribution in [1.82, 2.24) is 15.5 Å². The van der Waals surface area contributed by atoms with Gasteiger partial charge in [0, 0.05) is 32.1 Å². The number of piperidine rings is 1. The molecule has 0 aromatic heterocycles. The first-order chi connectivity index (χ1) is 9.78. The Labute approximate surface area is 135 Å². The highest BCUT2D eigenvalue weighted by Gasteiger charge is 2.19. The molecule has 1 heterocycles. The molecular weight excluding hydrogens is 286 g/mol. The van der Waals surface area contributed by atoms with Crippen molar-refractivity contribution in [3.8, 4) is 0 Å². The Morgan fingerprint density at radius 3 is 2.62 bits per heavy atom. The Hall–Kier alpha value is -0.320. The molecule has 1 saturated heterocycles. The highest BCUT2D eigenvalue weighted by molar-refractivity contribution is 5.85. The van der Waals surface area contributed by atoms with E-state index >= 15 is 0 Å². The fourth-order valence-corrected chi connectivity index (χ4v) is 3.49. The summed E-state index contributed by atoms with van der Waals surface area (Å²) in [6, 6.07) is 0.606. The minimum absolute atomic E-state index is 0. The van der Waals surface area contributed by atoms with Gasteiger partial charge in [-0.1, -0.05) is 19.3 Å². The van der Waals surface area contributed by atoms with Crippen molar-refractivity contribution in [2.75, 3.05) is 33.2 Å². The lowest BCUT2D eigenvalue weighted by Gasteiger charge is -2.32. The van der Waals surface area contributed by atoms with Gasteiger partial charge < -0.3 is 15.5 Å². The summed E-state index contributed by atoms with van der Waals surface area (Å²) in [5.41, 5.74) is 0. The number of likely N-dealkylation sites (tertiary alicyclic amines) is 1. The van der Waals surface area contributed by atoms with Crippen LogP contribution in [0.4, 0.5) is 0 Å². The number of hydrogen-bond donors (Lipinski definition) is 2. The van der Waals surface area contributed by atoms with Gasteiger partial charge in [-0.3, -0.25) is 4.79 Å². The van der Waals surface area contributed by atoms with Crippen LogP contribution >= 0.6 is 12.4 Å². The van der Waals surface area contributed by atoms with E-state index in [1.54, 1.807) is 0 Å². The molecule has 2 N–H and O–H groups in total. The molecule has 2 aliphatic rings. The van der Waals surface area contributed by atoms with Crippen molar-refractivity contribution in [2.24, 2.45) is 5.92 Å². The molecule has 0 spiro atoms. The van der Waals surface area contributed by atoms with Crippen LogP contribution in [0, 0.1) is 5.92 Å². The van der Waals surface area contributed by atoms with Crippen molar-refractivity contribution in [2.45, 2.75) is 57.4 Å². The molecule has 2 rings (SSSR count). The smallest absolute Gasteiger partial charge is 0.221 e. The van der Waals surface area contributed by atoms with Gasteiger partial charge in [-0.25, -0.2) is 0 Å².